The third-order valence-corrected chi connectivity index (χ3v) is 6.59. The second-order valence-corrected chi connectivity index (χ2v) is 9.29. The number of aromatic amines is 1. The lowest BCUT2D eigenvalue weighted by molar-refractivity contribution is -0.130. The summed E-state index contributed by atoms with van der Waals surface area (Å²) in [5, 5.41) is -0.0982. The lowest BCUT2D eigenvalue weighted by Gasteiger charge is -2.24. The summed E-state index contributed by atoms with van der Waals surface area (Å²) in [5.41, 5.74) is 2.03. The maximum absolute atomic E-state index is 13.0. The molecule has 0 spiro atoms. The molecule has 5 nitrogen and oxygen atoms in total. The average molecular weight is 459 g/mol. The van der Waals surface area contributed by atoms with Gasteiger partial charge in [-0.05, 0) is 49.7 Å². The molecule has 3 aromatic rings. The molecule has 1 amide bonds. The van der Waals surface area contributed by atoms with Crippen LogP contribution in [0.5, 0.6) is 0 Å². The number of rotatable bonds is 4. The number of carbonyl (C=O) groups is 1. The fourth-order valence-electron chi connectivity index (χ4n) is 3.46. The van der Waals surface area contributed by atoms with Gasteiger partial charge >= 0.3 is 0 Å². The molecule has 4 rings (SSSR count). The number of fused-ring (bicyclic) bond motifs is 1. The molecule has 0 aliphatic carbocycles. The molecule has 1 aromatic heterocycles. The van der Waals surface area contributed by atoms with Crippen molar-refractivity contribution in [2.24, 2.45) is 0 Å². The number of nitrogens with one attached hydrogen (secondary N) is 1. The first-order valence-corrected chi connectivity index (χ1v) is 11.2. The number of hydrogen-bond acceptors (Lipinski definition) is 4. The summed E-state index contributed by atoms with van der Waals surface area (Å²) in [7, 11) is 0. The van der Waals surface area contributed by atoms with Gasteiger partial charge in [0, 0.05) is 35.5 Å². The molecule has 0 saturated carbocycles. The minimum absolute atomic E-state index is 0.0982. The molecule has 2 aromatic carbocycles. The van der Waals surface area contributed by atoms with Crippen molar-refractivity contribution in [2.45, 2.75) is 23.5 Å². The third-order valence-electron chi connectivity index (χ3n) is 4.96. The summed E-state index contributed by atoms with van der Waals surface area (Å²) in [4.78, 5) is 26.4. The largest absolute Gasteiger partial charge is 0.341 e. The average Bonchev–Trinajstić information content (AvgIpc) is 2.98. The Morgan fingerprint density at radius 3 is 2.68 bits per heavy atom. The van der Waals surface area contributed by atoms with E-state index in [9.17, 15) is 4.79 Å². The van der Waals surface area contributed by atoms with E-state index in [1.165, 1.54) is 0 Å². The number of carbonyl (C=O) groups excluding carboxylic acids is 1. The van der Waals surface area contributed by atoms with Gasteiger partial charge in [-0.15, -0.1) is 11.8 Å². The van der Waals surface area contributed by atoms with Crippen LogP contribution < -0.4 is 4.90 Å². The van der Waals surface area contributed by atoms with Crippen LogP contribution >= 0.6 is 27.7 Å². The van der Waals surface area contributed by atoms with Crippen LogP contribution in [0.4, 0.5) is 5.95 Å². The number of halogens is 1. The van der Waals surface area contributed by atoms with Crippen LogP contribution in [-0.4, -0.2) is 52.2 Å². The molecule has 1 unspecified atom stereocenters. The van der Waals surface area contributed by atoms with E-state index in [2.05, 4.69) is 25.8 Å². The number of thioether (sulfide) groups is 1. The predicted octanol–water partition coefficient (Wildman–Crippen LogP) is 4.54. The van der Waals surface area contributed by atoms with E-state index < -0.39 is 0 Å². The molecule has 1 N–H and O–H groups in total. The molecule has 28 heavy (non-hydrogen) atoms. The zero-order valence-electron chi connectivity index (χ0n) is 15.8. The zero-order chi connectivity index (χ0) is 19.5. The van der Waals surface area contributed by atoms with Gasteiger partial charge in [-0.3, -0.25) is 4.79 Å². The van der Waals surface area contributed by atoms with E-state index in [-0.39, 0.29) is 11.2 Å². The van der Waals surface area contributed by atoms with Gasteiger partial charge in [0.2, 0.25) is 11.9 Å². The number of nitrogens with zero attached hydrogens (tertiary/aromatic N) is 3. The number of aromatic nitrogens is 2. The molecule has 1 fully saturated rings. The van der Waals surface area contributed by atoms with Crippen LogP contribution in [0.1, 0.15) is 13.3 Å². The lowest BCUT2D eigenvalue weighted by atomic mass is 10.3. The van der Waals surface area contributed by atoms with Crippen molar-refractivity contribution in [1.82, 2.24) is 14.9 Å². The van der Waals surface area contributed by atoms with Crippen molar-refractivity contribution < 1.29 is 4.79 Å². The Bertz CT molecular complexity index is 925. The van der Waals surface area contributed by atoms with E-state index in [0.29, 0.717) is 0 Å². The van der Waals surface area contributed by atoms with Gasteiger partial charge in [-0.2, -0.15) is 0 Å². The van der Waals surface area contributed by atoms with E-state index in [4.69, 9.17) is 4.98 Å². The molecule has 2 heterocycles. The van der Waals surface area contributed by atoms with Gasteiger partial charge < -0.3 is 14.8 Å². The second kappa shape index (κ2) is 8.57. The SMILES string of the molecule is CC(Sc1ccc(Br)cc1)C(=O)N1CCCN(c2nc3ccccc3[nH]2)CC1. The Morgan fingerprint density at radius 2 is 1.89 bits per heavy atom. The van der Waals surface area contributed by atoms with Crippen LogP contribution in [0.3, 0.4) is 0 Å². The molecule has 1 aliphatic rings. The number of imidazole rings is 1. The molecule has 1 aliphatic heterocycles. The van der Waals surface area contributed by atoms with Crippen LogP contribution in [0.2, 0.25) is 0 Å². The molecule has 1 saturated heterocycles. The van der Waals surface area contributed by atoms with Crippen molar-refractivity contribution >= 4 is 50.6 Å². The third kappa shape index (κ3) is 4.36. The topological polar surface area (TPSA) is 52.2 Å². The lowest BCUT2D eigenvalue weighted by Crippen LogP contribution is -2.39. The zero-order valence-corrected chi connectivity index (χ0v) is 18.2. The summed E-state index contributed by atoms with van der Waals surface area (Å²) < 4.78 is 1.05. The quantitative estimate of drug-likeness (QED) is 0.582. The monoisotopic (exact) mass is 458 g/mol. The highest BCUT2D eigenvalue weighted by atomic mass is 79.9. The smallest absolute Gasteiger partial charge is 0.235 e. The maximum Gasteiger partial charge on any atom is 0.235 e. The van der Waals surface area contributed by atoms with Gasteiger partial charge in [0.15, 0.2) is 0 Å². The summed E-state index contributed by atoms with van der Waals surface area (Å²) in [6, 6.07) is 16.2. The van der Waals surface area contributed by atoms with Gasteiger partial charge in [0.25, 0.3) is 0 Å². The van der Waals surface area contributed by atoms with Gasteiger partial charge in [0.1, 0.15) is 0 Å². The molecular formula is C21H23BrN4OS. The minimum atomic E-state index is -0.0982. The Hall–Kier alpha value is -1.99. The Balaban J connectivity index is 1.38. The van der Waals surface area contributed by atoms with Crippen LogP contribution in [0, 0.1) is 0 Å². The molecule has 146 valence electrons. The van der Waals surface area contributed by atoms with Crippen LogP contribution in [0.25, 0.3) is 11.0 Å². The first-order chi connectivity index (χ1) is 13.6. The highest BCUT2D eigenvalue weighted by molar-refractivity contribution is 9.10. The predicted molar refractivity (Wildman–Crippen MR) is 119 cm³/mol. The molecule has 0 radical (unpaired) electrons. The van der Waals surface area contributed by atoms with Crippen molar-refractivity contribution in [2.75, 3.05) is 31.1 Å². The van der Waals surface area contributed by atoms with Crippen molar-refractivity contribution in [3.63, 3.8) is 0 Å². The van der Waals surface area contributed by atoms with Gasteiger partial charge in [-0.1, -0.05) is 28.1 Å². The summed E-state index contributed by atoms with van der Waals surface area (Å²) in [6.45, 7) is 5.21. The number of amides is 1. The number of benzene rings is 2. The molecule has 0 bridgehead atoms. The van der Waals surface area contributed by atoms with E-state index in [1.807, 2.05) is 60.4 Å². The molecule has 7 heteroatoms. The number of hydrogen-bond donors (Lipinski definition) is 1. The number of para-hydroxylation sites is 2. The first-order valence-electron chi connectivity index (χ1n) is 9.51. The number of H-pyrrole nitrogens is 1. The summed E-state index contributed by atoms with van der Waals surface area (Å²) >= 11 is 5.07. The van der Waals surface area contributed by atoms with Gasteiger partial charge in [-0.25, -0.2) is 4.98 Å². The summed E-state index contributed by atoms with van der Waals surface area (Å²) in [5.74, 6) is 1.10. The van der Waals surface area contributed by atoms with E-state index in [1.54, 1.807) is 11.8 Å². The van der Waals surface area contributed by atoms with E-state index in [0.717, 1.165) is 58.9 Å². The fourth-order valence-corrected chi connectivity index (χ4v) is 4.68. The maximum atomic E-state index is 13.0. The van der Waals surface area contributed by atoms with Crippen LogP contribution in [0.15, 0.2) is 57.9 Å². The normalized spacial score (nSPS) is 16.2. The van der Waals surface area contributed by atoms with Crippen LogP contribution in [-0.2, 0) is 4.79 Å². The second-order valence-electron chi connectivity index (χ2n) is 6.96. The first kappa shape index (κ1) is 19.3. The fraction of sp³-hybridized carbons (Fsp3) is 0.333. The highest BCUT2D eigenvalue weighted by Crippen LogP contribution is 2.26. The Morgan fingerprint density at radius 1 is 1.11 bits per heavy atom. The Labute approximate surface area is 177 Å². The van der Waals surface area contributed by atoms with Crippen molar-refractivity contribution in [3.8, 4) is 0 Å². The van der Waals surface area contributed by atoms with Gasteiger partial charge in [0.05, 0.1) is 16.3 Å². The number of anilines is 1. The van der Waals surface area contributed by atoms with Crippen molar-refractivity contribution in [1.29, 1.82) is 0 Å². The van der Waals surface area contributed by atoms with E-state index >= 15 is 0 Å². The molecular weight excluding hydrogens is 436 g/mol. The van der Waals surface area contributed by atoms with Crippen molar-refractivity contribution in [3.05, 3.63) is 53.0 Å². The summed E-state index contributed by atoms with van der Waals surface area (Å²) in [6.07, 6.45) is 0.943. The Kier molecular flexibility index (Phi) is 5.92. The standard InChI is InChI=1S/C21H23BrN4OS/c1-15(28-17-9-7-16(22)8-10-17)20(27)25-11-4-12-26(14-13-25)21-23-18-5-2-3-6-19(18)24-21/h2-3,5-10,15H,4,11-14H2,1H3,(H,23,24). The highest BCUT2D eigenvalue weighted by Gasteiger charge is 2.25. The minimum Gasteiger partial charge on any atom is -0.341 e. The molecule has 1 atom stereocenters.